The van der Waals surface area contributed by atoms with E-state index in [9.17, 15) is 9.59 Å². The van der Waals surface area contributed by atoms with E-state index in [1.807, 2.05) is 20.8 Å². The Kier molecular flexibility index (Phi) is 5.19. The molecular formula is C16H23NO5S. The van der Waals surface area contributed by atoms with E-state index >= 15 is 0 Å². The lowest BCUT2D eigenvalue weighted by molar-refractivity contribution is 0.0225. The molecule has 0 saturated carbocycles. The molecule has 0 saturated heterocycles. The zero-order chi connectivity index (χ0) is 17.2. The second kappa shape index (κ2) is 6.78. The van der Waals surface area contributed by atoms with Crippen LogP contribution in [0.25, 0.3) is 0 Å². The lowest BCUT2D eigenvalue weighted by Gasteiger charge is -2.30. The molecule has 1 amide bonds. The Hall–Kier alpha value is -1.76. The zero-order valence-corrected chi connectivity index (χ0v) is 15.0. The van der Waals surface area contributed by atoms with Crippen LogP contribution in [0.5, 0.6) is 5.75 Å². The molecule has 128 valence electrons. The van der Waals surface area contributed by atoms with Crippen molar-refractivity contribution >= 4 is 23.4 Å². The summed E-state index contributed by atoms with van der Waals surface area (Å²) < 4.78 is 15.9. The molecule has 2 rings (SSSR count). The van der Waals surface area contributed by atoms with Gasteiger partial charge < -0.3 is 19.1 Å². The molecular weight excluding hydrogens is 318 g/mol. The van der Waals surface area contributed by atoms with E-state index in [0.717, 1.165) is 10.4 Å². The maximum absolute atomic E-state index is 12.2. The molecule has 0 bridgehead atoms. The van der Waals surface area contributed by atoms with Crippen LogP contribution in [-0.2, 0) is 22.4 Å². The predicted molar refractivity (Wildman–Crippen MR) is 87.2 cm³/mol. The largest absolute Gasteiger partial charge is 0.495 e. The average molecular weight is 341 g/mol. The molecule has 1 aliphatic rings. The number of methoxy groups -OCH3 is 1. The van der Waals surface area contributed by atoms with Crippen LogP contribution < -0.4 is 4.74 Å². The van der Waals surface area contributed by atoms with Gasteiger partial charge in [-0.25, -0.2) is 9.59 Å². The third-order valence-corrected chi connectivity index (χ3v) is 4.50. The summed E-state index contributed by atoms with van der Waals surface area (Å²) in [5, 5.41) is 0. The van der Waals surface area contributed by atoms with Crippen LogP contribution in [0.2, 0.25) is 0 Å². The van der Waals surface area contributed by atoms with Crippen LogP contribution in [0.15, 0.2) is 0 Å². The van der Waals surface area contributed by atoms with Crippen LogP contribution in [0.3, 0.4) is 0 Å². The number of ether oxygens (including phenoxy) is 3. The summed E-state index contributed by atoms with van der Waals surface area (Å²) in [6.07, 6.45) is 0.293. The van der Waals surface area contributed by atoms with Crippen molar-refractivity contribution in [3.05, 3.63) is 15.3 Å². The lowest BCUT2D eigenvalue weighted by atomic mass is 10.1. The standard InChI is InChI=1S/C16H23NO5S/c1-6-21-14(18)13-12(20-5)10-7-8-17(9-11(10)23-13)15(19)22-16(2,3)4/h6-9H2,1-5H3. The van der Waals surface area contributed by atoms with Crippen LogP contribution in [0.4, 0.5) is 4.79 Å². The maximum Gasteiger partial charge on any atom is 0.410 e. The van der Waals surface area contributed by atoms with Crippen LogP contribution in [0, 0.1) is 0 Å². The summed E-state index contributed by atoms with van der Waals surface area (Å²) >= 11 is 1.32. The number of amides is 1. The van der Waals surface area contributed by atoms with Gasteiger partial charge in [-0.3, -0.25) is 0 Å². The smallest absolute Gasteiger partial charge is 0.410 e. The van der Waals surface area contributed by atoms with Gasteiger partial charge >= 0.3 is 12.1 Å². The molecule has 7 heteroatoms. The van der Waals surface area contributed by atoms with Crippen LogP contribution >= 0.6 is 11.3 Å². The summed E-state index contributed by atoms with van der Waals surface area (Å²) in [5.74, 6) is 0.194. The summed E-state index contributed by atoms with van der Waals surface area (Å²) in [5.41, 5.74) is 0.459. The van der Waals surface area contributed by atoms with Crippen molar-refractivity contribution in [3.8, 4) is 5.75 Å². The van der Waals surface area contributed by atoms with Gasteiger partial charge in [0, 0.05) is 17.0 Å². The molecule has 1 aromatic rings. The van der Waals surface area contributed by atoms with E-state index in [0.29, 0.717) is 36.7 Å². The van der Waals surface area contributed by atoms with Gasteiger partial charge in [0.25, 0.3) is 0 Å². The molecule has 0 spiro atoms. The molecule has 2 heterocycles. The molecule has 0 N–H and O–H groups in total. The number of thiophene rings is 1. The van der Waals surface area contributed by atoms with Crippen molar-refractivity contribution in [3.63, 3.8) is 0 Å². The fourth-order valence-corrected chi connectivity index (χ4v) is 3.63. The van der Waals surface area contributed by atoms with Crippen molar-refractivity contribution < 1.29 is 23.8 Å². The highest BCUT2D eigenvalue weighted by molar-refractivity contribution is 7.14. The van der Waals surface area contributed by atoms with Crippen molar-refractivity contribution in [2.24, 2.45) is 0 Å². The van der Waals surface area contributed by atoms with Gasteiger partial charge in [0.2, 0.25) is 0 Å². The maximum atomic E-state index is 12.2. The SMILES string of the molecule is CCOC(=O)c1sc2c(c1OC)CCN(C(=O)OC(C)(C)C)C2. The molecule has 23 heavy (non-hydrogen) atoms. The quantitative estimate of drug-likeness (QED) is 0.790. The van der Waals surface area contributed by atoms with Gasteiger partial charge in [-0.2, -0.15) is 0 Å². The van der Waals surface area contributed by atoms with Crippen LogP contribution in [-0.4, -0.2) is 42.8 Å². The molecule has 0 fully saturated rings. The summed E-state index contributed by atoms with van der Waals surface area (Å²) in [4.78, 5) is 27.3. The molecule has 0 aromatic carbocycles. The number of fused-ring (bicyclic) bond motifs is 1. The lowest BCUT2D eigenvalue weighted by Crippen LogP contribution is -2.39. The second-order valence-corrected chi connectivity index (χ2v) is 7.34. The first-order valence-corrected chi connectivity index (χ1v) is 8.42. The van der Waals surface area contributed by atoms with E-state index in [2.05, 4.69) is 0 Å². The number of rotatable bonds is 3. The normalized spacial score (nSPS) is 14.2. The monoisotopic (exact) mass is 341 g/mol. The van der Waals surface area contributed by atoms with Crippen molar-refractivity contribution in [1.82, 2.24) is 4.90 Å². The van der Waals surface area contributed by atoms with E-state index in [-0.39, 0.29) is 12.1 Å². The van der Waals surface area contributed by atoms with E-state index < -0.39 is 5.60 Å². The minimum Gasteiger partial charge on any atom is -0.495 e. The van der Waals surface area contributed by atoms with E-state index in [4.69, 9.17) is 14.2 Å². The second-order valence-electron chi connectivity index (χ2n) is 6.24. The number of carbonyl (C=O) groups excluding carboxylic acids is 2. The number of hydrogen-bond donors (Lipinski definition) is 0. The first kappa shape index (κ1) is 17.6. The fraction of sp³-hybridized carbons (Fsp3) is 0.625. The topological polar surface area (TPSA) is 65.1 Å². The van der Waals surface area contributed by atoms with Gasteiger partial charge in [-0.15, -0.1) is 11.3 Å². The zero-order valence-electron chi connectivity index (χ0n) is 14.2. The molecule has 0 unspecified atom stereocenters. The molecule has 0 atom stereocenters. The van der Waals surface area contributed by atoms with Gasteiger partial charge in [-0.05, 0) is 34.1 Å². The Bertz CT molecular complexity index is 602. The number of hydrogen-bond acceptors (Lipinski definition) is 6. The summed E-state index contributed by atoms with van der Waals surface area (Å²) in [7, 11) is 1.55. The molecule has 1 aliphatic heterocycles. The minimum atomic E-state index is -0.527. The molecule has 6 nitrogen and oxygen atoms in total. The van der Waals surface area contributed by atoms with E-state index in [1.54, 1.807) is 18.9 Å². The van der Waals surface area contributed by atoms with Crippen molar-refractivity contribution in [1.29, 1.82) is 0 Å². The van der Waals surface area contributed by atoms with Crippen LogP contribution in [0.1, 0.15) is 47.8 Å². The third-order valence-electron chi connectivity index (χ3n) is 3.33. The molecule has 1 aromatic heterocycles. The Morgan fingerprint density at radius 2 is 2.00 bits per heavy atom. The predicted octanol–water partition coefficient (Wildman–Crippen LogP) is 3.23. The van der Waals surface area contributed by atoms with Gasteiger partial charge in [0.15, 0.2) is 4.88 Å². The van der Waals surface area contributed by atoms with Gasteiger partial charge in [0.05, 0.1) is 20.3 Å². The van der Waals surface area contributed by atoms with Gasteiger partial charge in [0.1, 0.15) is 11.4 Å². The summed E-state index contributed by atoms with van der Waals surface area (Å²) in [6.45, 7) is 8.56. The Morgan fingerprint density at radius 1 is 1.30 bits per heavy atom. The van der Waals surface area contributed by atoms with Crippen molar-refractivity contribution in [2.75, 3.05) is 20.3 Å². The molecule has 0 aliphatic carbocycles. The average Bonchev–Trinajstić information content (AvgIpc) is 2.83. The van der Waals surface area contributed by atoms with E-state index in [1.165, 1.54) is 11.3 Å². The van der Waals surface area contributed by atoms with Crippen molar-refractivity contribution in [2.45, 2.75) is 46.3 Å². The fourth-order valence-electron chi connectivity index (χ4n) is 2.40. The molecule has 0 radical (unpaired) electrons. The number of nitrogens with zero attached hydrogens (tertiary/aromatic N) is 1. The first-order chi connectivity index (χ1) is 10.8. The first-order valence-electron chi connectivity index (χ1n) is 7.60. The van der Waals surface area contributed by atoms with Gasteiger partial charge in [-0.1, -0.05) is 0 Å². The Balaban J connectivity index is 2.21. The highest BCUT2D eigenvalue weighted by Gasteiger charge is 2.32. The number of carbonyl (C=O) groups is 2. The third kappa shape index (κ3) is 3.96. The Morgan fingerprint density at radius 3 is 2.57 bits per heavy atom. The highest BCUT2D eigenvalue weighted by Crippen LogP contribution is 2.39. The highest BCUT2D eigenvalue weighted by atomic mass is 32.1. The minimum absolute atomic E-state index is 0.314. The summed E-state index contributed by atoms with van der Waals surface area (Å²) in [6, 6.07) is 0. The Labute approximate surface area is 140 Å². The number of esters is 1.